The van der Waals surface area contributed by atoms with Crippen molar-refractivity contribution in [3.05, 3.63) is 51.0 Å². The fourth-order valence-corrected chi connectivity index (χ4v) is 3.18. The van der Waals surface area contributed by atoms with Crippen molar-refractivity contribution in [3.8, 4) is 5.75 Å². The molecule has 2 aromatic rings. The van der Waals surface area contributed by atoms with Gasteiger partial charge in [-0.25, -0.2) is 0 Å². The first-order valence-corrected chi connectivity index (χ1v) is 9.62. The molecule has 2 aromatic carbocycles. The third-order valence-corrected chi connectivity index (χ3v) is 5.61. The highest BCUT2D eigenvalue weighted by Gasteiger charge is 2.11. The molecule has 1 amide bonds. The highest BCUT2D eigenvalue weighted by molar-refractivity contribution is 9.10. The van der Waals surface area contributed by atoms with Crippen LogP contribution >= 0.6 is 27.5 Å². The Morgan fingerprint density at radius 2 is 1.88 bits per heavy atom. The number of rotatable bonds is 7. The molecule has 0 aliphatic heterocycles. The molecule has 0 heterocycles. The minimum absolute atomic E-state index is 0.0197. The summed E-state index contributed by atoms with van der Waals surface area (Å²) in [7, 11) is 3.96. The molecule has 1 N–H and O–H groups in total. The highest BCUT2D eigenvalue weighted by atomic mass is 79.9. The predicted molar refractivity (Wildman–Crippen MR) is 113 cm³/mol. The molecule has 0 saturated heterocycles. The van der Waals surface area contributed by atoms with Crippen molar-refractivity contribution in [3.63, 3.8) is 0 Å². The molecule has 26 heavy (non-hydrogen) atoms. The lowest BCUT2D eigenvalue weighted by atomic mass is 10.1. The third kappa shape index (κ3) is 5.39. The van der Waals surface area contributed by atoms with E-state index in [1.165, 1.54) is 0 Å². The summed E-state index contributed by atoms with van der Waals surface area (Å²) < 4.78 is 6.66. The van der Waals surface area contributed by atoms with E-state index in [0.717, 1.165) is 37.7 Å². The van der Waals surface area contributed by atoms with Gasteiger partial charge in [-0.05, 0) is 77.7 Å². The van der Waals surface area contributed by atoms with Crippen LogP contribution in [0.15, 0.2) is 34.8 Å². The van der Waals surface area contributed by atoms with E-state index in [-0.39, 0.29) is 5.91 Å². The van der Waals surface area contributed by atoms with Crippen molar-refractivity contribution in [1.82, 2.24) is 0 Å². The van der Waals surface area contributed by atoms with Crippen molar-refractivity contribution in [2.75, 3.05) is 30.9 Å². The van der Waals surface area contributed by atoms with Crippen LogP contribution in [0.3, 0.4) is 0 Å². The molecular weight excluding hydrogens is 416 g/mol. The summed E-state index contributed by atoms with van der Waals surface area (Å²) in [5, 5.41) is 3.64. The first-order valence-electron chi connectivity index (χ1n) is 8.45. The van der Waals surface area contributed by atoms with Crippen molar-refractivity contribution >= 4 is 44.8 Å². The lowest BCUT2D eigenvalue weighted by molar-refractivity contribution is -0.116. The van der Waals surface area contributed by atoms with E-state index in [1.54, 1.807) is 0 Å². The van der Waals surface area contributed by atoms with Crippen LogP contribution in [0.5, 0.6) is 5.75 Å². The van der Waals surface area contributed by atoms with E-state index in [4.69, 9.17) is 16.3 Å². The maximum absolute atomic E-state index is 12.1. The Labute approximate surface area is 168 Å². The summed E-state index contributed by atoms with van der Waals surface area (Å²) in [6.45, 7) is 4.36. The zero-order valence-electron chi connectivity index (χ0n) is 15.5. The molecule has 140 valence electrons. The quantitative estimate of drug-likeness (QED) is 0.572. The number of amides is 1. The largest absolute Gasteiger partial charge is 0.492 e. The van der Waals surface area contributed by atoms with Crippen LogP contribution in [0, 0.1) is 13.8 Å². The van der Waals surface area contributed by atoms with Gasteiger partial charge in [0.05, 0.1) is 11.1 Å². The first-order chi connectivity index (χ1) is 12.3. The standard InChI is InChI=1S/C20H24BrClN2O2/c1-13-12-17(19(21)14(2)20(13)22)26-11-5-6-18(25)23-15-7-9-16(10-8-15)24(3)4/h7-10,12H,5-6,11H2,1-4H3,(H,23,25). The zero-order valence-corrected chi connectivity index (χ0v) is 17.9. The van der Waals surface area contributed by atoms with E-state index in [1.807, 2.05) is 63.2 Å². The molecule has 0 radical (unpaired) electrons. The maximum Gasteiger partial charge on any atom is 0.224 e. The summed E-state index contributed by atoms with van der Waals surface area (Å²) in [6, 6.07) is 9.66. The zero-order chi connectivity index (χ0) is 19.3. The van der Waals surface area contributed by atoms with E-state index < -0.39 is 0 Å². The molecule has 0 aliphatic rings. The SMILES string of the molecule is Cc1cc(OCCCC(=O)Nc2ccc(N(C)C)cc2)c(Br)c(C)c1Cl. The molecule has 0 aliphatic carbocycles. The number of hydrogen-bond donors (Lipinski definition) is 1. The fourth-order valence-electron chi connectivity index (χ4n) is 2.49. The van der Waals surface area contributed by atoms with Gasteiger partial charge in [-0.15, -0.1) is 0 Å². The van der Waals surface area contributed by atoms with Crippen LogP contribution in [0.2, 0.25) is 5.02 Å². The molecule has 4 nitrogen and oxygen atoms in total. The molecule has 2 rings (SSSR count). The van der Waals surface area contributed by atoms with Crippen LogP contribution in [-0.2, 0) is 4.79 Å². The fraction of sp³-hybridized carbons (Fsp3) is 0.350. The van der Waals surface area contributed by atoms with Crippen LogP contribution in [0.1, 0.15) is 24.0 Å². The molecule has 0 aromatic heterocycles. The van der Waals surface area contributed by atoms with Gasteiger partial charge < -0.3 is 15.0 Å². The number of carbonyl (C=O) groups is 1. The highest BCUT2D eigenvalue weighted by Crippen LogP contribution is 2.35. The van der Waals surface area contributed by atoms with Crippen molar-refractivity contribution < 1.29 is 9.53 Å². The van der Waals surface area contributed by atoms with Gasteiger partial charge >= 0.3 is 0 Å². The van der Waals surface area contributed by atoms with Crippen LogP contribution in [0.25, 0.3) is 0 Å². The summed E-state index contributed by atoms with van der Waals surface area (Å²) in [4.78, 5) is 14.1. The van der Waals surface area contributed by atoms with Gasteiger partial charge in [0.15, 0.2) is 0 Å². The van der Waals surface area contributed by atoms with Crippen molar-refractivity contribution in [1.29, 1.82) is 0 Å². The Morgan fingerprint density at radius 3 is 2.50 bits per heavy atom. The molecule has 0 unspecified atom stereocenters. The number of anilines is 2. The smallest absolute Gasteiger partial charge is 0.224 e. The number of hydrogen-bond acceptors (Lipinski definition) is 3. The molecule has 0 atom stereocenters. The maximum atomic E-state index is 12.1. The minimum atomic E-state index is -0.0197. The van der Waals surface area contributed by atoms with E-state index >= 15 is 0 Å². The van der Waals surface area contributed by atoms with Gasteiger partial charge in [0.1, 0.15) is 5.75 Å². The Balaban J connectivity index is 1.80. The number of carbonyl (C=O) groups excluding carboxylic acids is 1. The second-order valence-electron chi connectivity index (χ2n) is 6.39. The number of benzene rings is 2. The summed E-state index contributed by atoms with van der Waals surface area (Å²) in [6.07, 6.45) is 1.04. The minimum Gasteiger partial charge on any atom is -0.492 e. The molecular formula is C20H24BrClN2O2. The normalized spacial score (nSPS) is 10.5. The monoisotopic (exact) mass is 438 g/mol. The number of halogens is 2. The molecule has 0 spiro atoms. The number of aryl methyl sites for hydroxylation is 1. The summed E-state index contributed by atoms with van der Waals surface area (Å²) in [5.74, 6) is 0.734. The molecule has 0 saturated carbocycles. The Hall–Kier alpha value is -1.72. The summed E-state index contributed by atoms with van der Waals surface area (Å²) in [5.41, 5.74) is 3.82. The lowest BCUT2D eigenvalue weighted by Gasteiger charge is -2.14. The number of ether oxygens (including phenoxy) is 1. The molecule has 6 heteroatoms. The second kappa shape index (κ2) is 9.28. The third-order valence-electron chi connectivity index (χ3n) is 4.04. The van der Waals surface area contributed by atoms with Gasteiger partial charge in [-0.1, -0.05) is 11.6 Å². The Kier molecular flexibility index (Phi) is 7.35. The van der Waals surface area contributed by atoms with Crippen molar-refractivity contribution in [2.45, 2.75) is 26.7 Å². The summed E-state index contributed by atoms with van der Waals surface area (Å²) >= 11 is 9.73. The van der Waals surface area contributed by atoms with Gasteiger partial charge in [-0.3, -0.25) is 4.79 Å². The van der Waals surface area contributed by atoms with E-state index in [0.29, 0.717) is 19.4 Å². The first kappa shape index (κ1) is 20.6. The average molecular weight is 440 g/mol. The van der Waals surface area contributed by atoms with Gasteiger partial charge in [-0.2, -0.15) is 0 Å². The van der Waals surface area contributed by atoms with Crippen LogP contribution < -0.4 is 15.0 Å². The van der Waals surface area contributed by atoms with Gasteiger partial charge in [0, 0.05) is 36.9 Å². The Morgan fingerprint density at radius 1 is 1.23 bits per heavy atom. The number of nitrogens with one attached hydrogen (secondary N) is 1. The average Bonchev–Trinajstić information content (AvgIpc) is 2.61. The molecule has 0 bridgehead atoms. The number of nitrogens with zero attached hydrogens (tertiary/aromatic N) is 1. The second-order valence-corrected chi connectivity index (χ2v) is 7.56. The van der Waals surface area contributed by atoms with Gasteiger partial charge in [0.2, 0.25) is 5.91 Å². The van der Waals surface area contributed by atoms with Crippen LogP contribution in [-0.4, -0.2) is 26.6 Å². The van der Waals surface area contributed by atoms with E-state index in [2.05, 4.69) is 21.2 Å². The van der Waals surface area contributed by atoms with E-state index in [9.17, 15) is 4.79 Å². The van der Waals surface area contributed by atoms with Crippen molar-refractivity contribution in [2.24, 2.45) is 0 Å². The lowest BCUT2D eigenvalue weighted by Crippen LogP contribution is -2.13. The Bertz CT molecular complexity index is 776. The predicted octanol–water partition coefficient (Wildman–Crippen LogP) is 5.58. The molecule has 0 fully saturated rings. The van der Waals surface area contributed by atoms with Crippen LogP contribution in [0.4, 0.5) is 11.4 Å². The topological polar surface area (TPSA) is 41.6 Å². The van der Waals surface area contributed by atoms with Gasteiger partial charge in [0.25, 0.3) is 0 Å².